The second-order valence-electron chi connectivity index (χ2n) is 8.42. The van der Waals surface area contributed by atoms with Crippen molar-refractivity contribution in [3.05, 3.63) is 65.2 Å². The van der Waals surface area contributed by atoms with Crippen LogP contribution in [0, 0.1) is 6.92 Å². The van der Waals surface area contributed by atoms with Crippen molar-refractivity contribution in [1.29, 1.82) is 0 Å². The highest BCUT2D eigenvalue weighted by atomic mass is 16.5. The molecule has 2 fully saturated rings. The molecule has 0 saturated carbocycles. The minimum absolute atomic E-state index is 0.395. The van der Waals surface area contributed by atoms with E-state index < -0.39 is 0 Å². The largest absolute Gasteiger partial charge is 0.379 e. The maximum Gasteiger partial charge on any atom is 0.0594 e. The smallest absolute Gasteiger partial charge is 0.0594 e. The van der Waals surface area contributed by atoms with Gasteiger partial charge in [0.05, 0.1) is 13.2 Å². The summed E-state index contributed by atoms with van der Waals surface area (Å²) in [4.78, 5) is 5.08. The number of hydrogen-bond donors (Lipinski definition) is 1. The van der Waals surface area contributed by atoms with E-state index in [4.69, 9.17) is 4.74 Å². The topological polar surface area (TPSA) is 27.7 Å². The van der Waals surface area contributed by atoms with E-state index in [0.29, 0.717) is 6.04 Å². The van der Waals surface area contributed by atoms with Gasteiger partial charge in [0, 0.05) is 51.0 Å². The van der Waals surface area contributed by atoms with Crippen LogP contribution < -0.4 is 10.2 Å². The highest BCUT2D eigenvalue weighted by molar-refractivity contribution is 5.47. The molecular weight excluding hydrogens is 358 g/mol. The Balaban J connectivity index is 1.36. The predicted molar refractivity (Wildman–Crippen MR) is 121 cm³/mol. The molecular formula is C25H35N3O. The van der Waals surface area contributed by atoms with Crippen molar-refractivity contribution in [2.75, 3.05) is 50.8 Å². The molecule has 2 saturated heterocycles. The van der Waals surface area contributed by atoms with Crippen molar-refractivity contribution in [2.24, 2.45) is 0 Å². The molecule has 0 bridgehead atoms. The fourth-order valence-corrected chi connectivity index (χ4v) is 4.55. The Morgan fingerprint density at radius 2 is 1.69 bits per heavy atom. The van der Waals surface area contributed by atoms with E-state index >= 15 is 0 Å². The first kappa shape index (κ1) is 20.4. The summed E-state index contributed by atoms with van der Waals surface area (Å²) in [5, 5.41) is 3.72. The summed E-state index contributed by atoms with van der Waals surface area (Å²) in [5.74, 6) is 0. The lowest BCUT2D eigenvalue weighted by Crippen LogP contribution is -2.42. The molecule has 2 aromatic carbocycles. The van der Waals surface area contributed by atoms with Crippen molar-refractivity contribution in [3.63, 3.8) is 0 Å². The molecule has 0 aliphatic carbocycles. The molecule has 29 heavy (non-hydrogen) atoms. The minimum atomic E-state index is 0.395. The van der Waals surface area contributed by atoms with Gasteiger partial charge in [0.2, 0.25) is 0 Å². The van der Waals surface area contributed by atoms with Crippen LogP contribution in [0.15, 0.2) is 48.5 Å². The number of nitrogens with zero attached hydrogens (tertiary/aromatic N) is 2. The molecule has 4 rings (SSSR count). The molecule has 2 heterocycles. The second-order valence-corrected chi connectivity index (χ2v) is 8.42. The van der Waals surface area contributed by atoms with Gasteiger partial charge >= 0.3 is 0 Å². The highest BCUT2D eigenvalue weighted by Crippen LogP contribution is 2.23. The van der Waals surface area contributed by atoms with E-state index in [9.17, 15) is 0 Å². The maximum atomic E-state index is 5.58. The van der Waals surface area contributed by atoms with Gasteiger partial charge in [-0.15, -0.1) is 0 Å². The summed E-state index contributed by atoms with van der Waals surface area (Å²) >= 11 is 0. The summed E-state index contributed by atoms with van der Waals surface area (Å²) < 4.78 is 5.58. The average molecular weight is 394 g/mol. The number of anilines is 1. The predicted octanol–water partition coefficient (Wildman–Crippen LogP) is 4.15. The second kappa shape index (κ2) is 10.2. The molecule has 0 aromatic heterocycles. The van der Waals surface area contributed by atoms with Gasteiger partial charge in [-0.3, -0.25) is 4.90 Å². The van der Waals surface area contributed by atoms with E-state index in [2.05, 4.69) is 70.6 Å². The Kier molecular flexibility index (Phi) is 7.20. The SMILES string of the molecule is Cc1cccc(C(CNCc2ccc(N3CCCCC3)cc2)N2CCOCC2)c1. The quantitative estimate of drug-likeness (QED) is 0.765. The van der Waals surface area contributed by atoms with Gasteiger partial charge in [0.25, 0.3) is 0 Å². The number of aryl methyl sites for hydroxylation is 1. The van der Waals surface area contributed by atoms with Crippen LogP contribution in [0.2, 0.25) is 0 Å². The van der Waals surface area contributed by atoms with Crippen LogP contribution >= 0.6 is 0 Å². The Morgan fingerprint density at radius 1 is 0.931 bits per heavy atom. The molecule has 2 aromatic rings. The number of hydrogen-bond acceptors (Lipinski definition) is 4. The first-order valence-corrected chi connectivity index (χ1v) is 11.2. The number of piperidine rings is 1. The van der Waals surface area contributed by atoms with Crippen LogP contribution in [0.5, 0.6) is 0 Å². The van der Waals surface area contributed by atoms with Gasteiger partial charge in [-0.1, -0.05) is 42.0 Å². The molecule has 4 nitrogen and oxygen atoms in total. The third kappa shape index (κ3) is 5.59. The Labute approximate surface area is 175 Å². The van der Waals surface area contributed by atoms with Gasteiger partial charge in [-0.05, 0) is 49.4 Å². The van der Waals surface area contributed by atoms with Crippen LogP contribution in [-0.2, 0) is 11.3 Å². The van der Waals surface area contributed by atoms with E-state index in [1.165, 1.54) is 54.7 Å². The van der Waals surface area contributed by atoms with Crippen LogP contribution in [0.25, 0.3) is 0 Å². The summed E-state index contributed by atoms with van der Waals surface area (Å²) in [6.07, 6.45) is 4.03. The molecule has 1 atom stereocenters. The minimum Gasteiger partial charge on any atom is -0.379 e. The number of ether oxygens (including phenoxy) is 1. The molecule has 2 aliphatic heterocycles. The zero-order valence-electron chi connectivity index (χ0n) is 17.8. The first-order chi connectivity index (χ1) is 14.3. The fourth-order valence-electron chi connectivity index (χ4n) is 4.55. The lowest BCUT2D eigenvalue weighted by Gasteiger charge is -2.35. The van der Waals surface area contributed by atoms with Crippen LogP contribution in [0.3, 0.4) is 0 Å². The summed E-state index contributed by atoms with van der Waals surface area (Å²) in [7, 11) is 0. The molecule has 0 spiro atoms. The lowest BCUT2D eigenvalue weighted by atomic mass is 10.0. The Hall–Kier alpha value is -1.88. The van der Waals surface area contributed by atoms with E-state index in [-0.39, 0.29) is 0 Å². The van der Waals surface area contributed by atoms with Crippen molar-refractivity contribution >= 4 is 5.69 Å². The Bertz CT molecular complexity index is 749. The first-order valence-electron chi connectivity index (χ1n) is 11.2. The molecule has 0 amide bonds. The van der Waals surface area contributed by atoms with E-state index in [1.54, 1.807) is 0 Å². The fraction of sp³-hybridized carbons (Fsp3) is 0.520. The number of benzene rings is 2. The van der Waals surface area contributed by atoms with Crippen LogP contribution in [-0.4, -0.2) is 50.8 Å². The third-order valence-electron chi connectivity index (χ3n) is 6.24. The molecule has 2 aliphatic rings. The zero-order valence-corrected chi connectivity index (χ0v) is 17.8. The number of nitrogens with one attached hydrogen (secondary N) is 1. The number of rotatable bonds is 7. The zero-order chi connectivity index (χ0) is 19.9. The highest BCUT2D eigenvalue weighted by Gasteiger charge is 2.22. The monoisotopic (exact) mass is 393 g/mol. The summed E-state index contributed by atoms with van der Waals surface area (Å²) in [6, 6.07) is 18.5. The van der Waals surface area contributed by atoms with Gasteiger partial charge in [-0.25, -0.2) is 0 Å². The standard InChI is InChI=1S/C25H35N3O/c1-21-6-5-7-23(18-21)25(28-14-16-29-17-15-28)20-26-19-22-8-10-24(11-9-22)27-12-3-2-4-13-27/h5-11,18,25-26H,2-4,12-17,19-20H2,1H3. The van der Waals surface area contributed by atoms with E-state index in [0.717, 1.165) is 39.4 Å². The molecule has 0 radical (unpaired) electrons. The molecule has 1 N–H and O–H groups in total. The summed E-state index contributed by atoms with van der Waals surface area (Å²) in [6.45, 7) is 10.1. The van der Waals surface area contributed by atoms with Gasteiger partial charge in [0.1, 0.15) is 0 Å². The van der Waals surface area contributed by atoms with Crippen LogP contribution in [0.4, 0.5) is 5.69 Å². The van der Waals surface area contributed by atoms with E-state index in [1.807, 2.05) is 0 Å². The summed E-state index contributed by atoms with van der Waals surface area (Å²) in [5.41, 5.74) is 5.46. The lowest BCUT2D eigenvalue weighted by molar-refractivity contribution is 0.0161. The van der Waals surface area contributed by atoms with Gasteiger partial charge < -0.3 is 15.0 Å². The third-order valence-corrected chi connectivity index (χ3v) is 6.24. The molecule has 156 valence electrons. The van der Waals surface area contributed by atoms with Crippen molar-refractivity contribution in [1.82, 2.24) is 10.2 Å². The maximum absolute atomic E-state index is 5.58. The normalized spacial score (nSPS) is 19.3. The van der Waals surface area contributed by atoms with Gasteiger partial charge in [-0.2, -0.15) is 0 Å². The Morgan fingerprint density at radius 3 is 2.41 bits per heavy atom. The van der Waals surface area contributed by atoms with Crippen molar-refractivity contribution in [2.45, 2.75) is 38.8 Å². The van der Waals surface area contributed by atoms with Crippen molar-refractivity contribution < 1.29 is 4.74 Å². The van der Waals surface area contributed by atoms with Crippen LogP contribution in [0.1, 0.15) is 42.0 Å². The van der Waals surface area contributed by atoms with Crippen molar-refractivity contribution in [3.8, 4) is 0 Å². The molecule has 4 heteroatoms. The molecule has 1 unspecified atom stereocenters. The average Bonchev–Trinajstić information content (AvgIpc) is 2.78. The number of morpholine rings is 1. The van der Waals surface area contributed by atoms with Gasteiger partial charge in [0.15, 0.2) is 0 Å².